The minimum Gasteiger partial charge on any atom is -0.371 e. The lowest BCUT2D eigenvalue weighted by Gasteiger charge is -2.43. The maximum Gasteiger partial charge on any atom is 0.252 e. The van der Waals surface area contributed by atoms with Gasteiger partial charge in [-0.2, -0.15) is 0 Å². The van der Waals surface area contributed by atoms with E-state index in [2.05, 4.69) is 5.32 Å². The number of nitrogens with one attached hydrogen (secondary N) is 1. The second-order valence-electron chi connectivity index (χ2n) is 10.1. The van der Waals surface area contributed by atoms with Crippen LogP contribution in [0.15, 0.2) is 42.5 Å². The fourth-order valence-corrected chi connectivity index (χ4v) is 4.77. The van der Waals surface area contributed by atoms with Gasteiger partial charge in [0.15, 0.2) is 23.0 Å². The van der Waals surface area contributed by atoms with E-state index in [0.717, 1.165) is 12.1 Å². The summed E-state index contributed by atoms with van der Waals surface area (Å²) in [4.78, 5) is 13.5. The molecule has 2 aromatic rings. The zero-order valence-corrected chi connectivity index (χ0v) is 20.9. The first kappa shape index (κ1) is 26.6. The van der Waals surface area contributed by atoms with E-state index < -0.39 is 47.2 Å². The van der Waals surface area contributed by atoms with Crippen LogP contribution in [0, 0.1) is 17.5 Å². The average molecular weight is 508 g/mol. The number of hydrogen-bond acceptors (Lipinski definition) is 5. The lowest BCUT2D eigenvalue weighted by Crippen LogP contribution is -2.60. The van der Waals surface area contributed by atoms with Gasteiger partial charge in [-0.15, -0.1) is 0 Å². The summed E-state index contributed by atoms with van der Waals surface area (Å²) in [6, 6.07) is 9.59. The van der Waals surface area contributed by atoms with Crippen molar-refractivity contribution >= 4 is 5.91 Å². The Labute approximate surface area is 209 Å². The summed E-state index contributed by atoms with van der Waals surface area (Å²) in [5, 5.41) is 2.91. The number of ether oxygens (including phenoxy) is 4. The molecule has 1 N–H and O–H groups in total. The average Bonchev–Trinajstić information content (AvgIpc) is 3.12. The molecule has 0 bridgehead atoms. The molecule has 6 nitrogen and oxygen atoms in total. The number of halogens is 3. The van der Waals surface area contributed by atoms with E-state index >= 15 is 0 Å². The van der Waals surface area contributed by atoms with E-state index in [1.54, 1.807) is 32.0 Å². The molecule has 2 aliphatic rings. The molecule has 36 heavy (non-hydrogen) atoms. The van der Waals surface area contributed by atoms with Gasteiger partial charge in [-0.3, -0.25) is 4.79 Å². The highest BCUT2D eigenvalue weighted by Gasteiger charge is 2.58. The third-order valence-corrected chi connectivity index (χ3v) is 6.39. The van der Waals surface area contributed by atoms with E-state index in [-0.39, 0.29) is 38.0 Å². The SMILES string of the molecule is CC(C)NC(=O)[C@@]1(OCc2ccccc2F)C[C@@H](OCc2ccc(F)c(F)c2)[C@@H]2OC(C)(C)O[C@@H]2C1. The molecular weight excluding hydrogens is 475 g/mol. The lowest BCUT2D eigenvalue weighted by atomic mass is 9.78. The summed E-state index contributed by atoms with van der Waals surface area (Å²) in [5.41, 5.74) is -0.644. The molecule has 9 heteroatoms. The maximum atomic E-state index is 14.3. The van der Waals surface area contributed by atoms with Crippen molar-refractivity contribution in [3.8, 4) is 0 Å². The summed E-state index contributed by atoms with van der Waals surface area (Å²) < 4.78 is 66.0. The van der Waals surface area contributed by atoms with E-state index in [1.165, 1.54) is 12.1 Å². The summed E-state index contributed by atoms with van der Waals surface area (Å²) in [7, 11) is 0. The van der Waals surface area contributed by atoms with Gasteiger partial charge in [0.05, 0.1) is 25.4 Å². The Morgan fingerprint density at radius 3 is 2.47 bits per heavy atom. The molecule has 1 saturated carbocycles. The number of rotatable bonds is 8. The number of carbonyl (C=O) groups excluding carboxylic acids is 1. The van der Waals surface area contributed by atoms with Crippen LogP contribution in [0.1, 0.15) is 51.7 Å². The molecule has 2 aromatic carbocycles. The molecule has 1 aliphatic heterocycles. The highest BCUT2D eigenvalue weighted by Crippen LogP contribution is 2.44. The van der Waals surface area contributed by atoms with E-state index in [1.807, 2.05) is 13.8 Å². The third-order valence-electron chi connectivity index (χ3n) is 6.39. The van der Waals surface area contributed by atoms with Crippen molar-refractivity contribution in [3.05, 3.63) is 71.0 Å². The standard InChI is InChI=1S/C27H32F3NO5/c1-16(2)31-25(32)27(34-15-18-7-5-6-8-19(18)28)12-22(24-23(13-27)35-26(3,4)36-24)33-14-17-9-10-20(29)21(30)11-17/h5-11,16,22-24H,12-15H2,1-4H3,(H,31,32)/t22-,23-,24+,27-/m1/s1. The second kappa shape index (κ2) is 10.5. The normalized spacial score (nSPS) is 27.2. The number of hydrogen-bond donors (Lipinski definition) is 1. The summed E-state index contributed by atoms with van der Waals surface area (Å²) in [6.45, 7) is 7.05. The van der Waals surface area contributed by atoms with Crippen molar-refractivity contribution in [1.82, 2.24) is 5.32 Å². The zero-order chi connectivity index (χ0) is 26.1. The van der Waals surface area contributed by atoms with Gasteiger partial charge in [0, 0.05) is 24.4 Å². The van der Waals surface area contributed by atoms with Gasteiger partial charge in [0.2, 0.25) is 0 Å². The van der Waals surface area contributed by atoms with Crippen molar-refractivity contribution in [2.45, 2.75) is 89.5 Å². The third kappa shape index (κ3) is 5.91. The molecule has 0 unspecified atom stereocenters. The van der Waals surface area contributed by atoms with Gasteiger partial charge < -0.3 is 24.3 Å². The molecule has 196 valence electrons. The van der Waals surface area contributed by atoms with Crippen LogP contribution < -0.4 is 5.32 Å². The van der Waals surface area contributed by atoms with Gasteiger partial charge in [0.1, 0.15) is 11.9 Å². The van der Waals surface area contributed by atoms with E-state index in [4.69, 9.17) is 18.9 Å². The molecule has 1 saturated heterocycles. The van der Waals surface area contributed by atoms with Crippen LogP contribution in [0.3, 0.4) is 0 Å². The molecule has 0 aromatic heterocycles. The topological polar surface area (TPSA) is 66.0 Å². The Balaban J connectivity index is 1.62. The highest BCUT2D eigenvalue weighted by molar-refractivity contribution is 5.85. The van der Waals surface area contributed by atoms with Crippen molar-refractivity contribution in [1.29, 1.82) is 0 Å². The molecule has 0 spiro atoms. The molecule has 1 heterocycles. The Kier molecular flexibility index (Phi) is 7.75. The fourth-order valence-electron chi connectivity index (χ4n) is 4.77. The van der Waals surface area contributed by atoms with Gasteiger partial charge in [0.25, 0.3) is 5.91 Å². The predicted octanol–water partition coefficient (Wildman–Crippen LogP) is 4.78. The fraction of sp³-hybridized carbons (Fsp3) is 0.519. The van der Waals surface area contributed by atoms with Gasteiger partial charge >= 0.3 is 0 Å². The minimum absolute atomic E-state index is 0.0376. The minimum atomic E-state index is -1.39. The van der Waals surface area contributed by atoms with Gasteiger partial charge in [-0.1, -0.05) is 24.3 Å². The monoisotopic (exact) mass is 507 g/mol. The largest absolute Gasteiger partial charge is 0.371 e. The molecule has 4 rings (SSSR count). The zero-order valence-electron chi connectivity index (χ0n) is 20.9. The van der Waals surface area contributed by atoms with Crippen LogP contribution in [0.4, 0.5) is 13.2 Å². The number of amides is 1. The second-order valence-corrected chi connectivity index (χ2v) is 10.1. The smallest absolute Gasteiger partial charge is 0.252 e. The van der Waals surface area contributed by atoms with Crippen LogP contribution >= 0.6 is 0 Å². The summed E-state index contributed by atoms with van der Waals surface area (Å²) in [6.07, 6.45) is -1.44. The van der Waals surface area contributed by atoms with E-state index in [0.29, 0.717) is 11.1 Å². The molecule has 0 radical (unpaired) electrons. The number of benzene rings is 2. The van der Waals surface area contributed by atoms with E-state index in [9.17, 15) is 18.0 Å². The van der Waals surface area contributed by atoms with Crippen LogP contribution in [0.5, 0.6) is 0 Å². The number of fused-ring (bicyclic) bond motifs is 1. The van der Waals surface area contributed by atoms with Gasteiger partial charge in [-0.25, -0.2) is 13.2 Å². The molecule has 1 amide bonds. The van der Waals surface area contributed by atoms with Crippen molar-refractivity contribution in [2.24, 2.45) is 0 Å². The van der Waals surface area contributed by atoms with Crippen molar-refractivity contribution < 1.29 is 36.9 Å². The first-order valence-electron chi connectivity index (χ1n) is 12.1. The Hall–Kier alpha value is -2.46. The van der Waals surface area contributed by atoms with Gasteiger partial charge in [-0.05, 0) is 51.5 Å². The summed E-state index contributed by atoms with van der Waals surface area (Å²) >= 11 is 0. The number of carbonyl (C=O) groups is 1. The Bertz CT molecular complexity index is 1090. The quantitative estimate of drug-likeness (QED) is 0.557. The van der Waals surface area contributed by atoms with Crippen LogP contribution in [-0.2, 0) is 37.0 Å². The Morgan fingerprint density at radius 1 is 1.03 bits per heavy atom. The first-order chi connectivity index (χ1) is 17.0. The summed E-state index contributed by atoms with van der Waals surface area (Å²) in [5.74, 6) is -3.63. The predicted molar refractivity (Wildman–Crippen MR) is 125 cm³/mol. The lowest BCUT2D eigenvalue weighted by molar-refractivity contribution is -0.184. The first-order valence-corrected chi connectivity index (χ1v) is 12.1. The highest BCUT2D eigenvalue weighted by atomic mass is 19.2. The van der Waals surface area contributed by atoms with Crippen LogP contribution in [0.25, 0.3) is 0 Å². The van der Waals surface area contributed by atoms with Crippen LogP contribution in [0.2, 0.25) is 0 Å². The Morgan fingerprint density at radius 2 is 1.78 bits per heavy atom. The molecular formula is C27H32F3NO5. The van der Waals surface area contributed by atoms with Crippen molar-refractivity contribution in [3.63, 3.8) is 0 Å². The van der Waals surface area contributed by atoms with Crippen LogP contribution in [-0.4, -0.2) is 41.6 Å². The van der Waals surface area contributed by atoms with Crippen molar-refractivity contribution in [2.75, 3.05) is 0 Å². The molecule has 2 fully saturated rings. The molecule has 1 aliphatic carbocycles. The maximum absolute atomic E-state index is 14.3. The molecule has 4 atom stereocenters.